The molecular formula is C35H33F3N7O6RuS2. The molecule has 5 rings (SSSR count). The molecule has 19 heteroatoms. The number of aryl methyl sites for hydroxylation is 1. The Kier molecular flexibility index (Phi) is 19.1. The topological polar surface area (TPSA) is 241 Å². The number of nitriles is 1. The molecule has 2 aromatic heterocycles. The van der Waals surface area contributed by atoms with E-state index in [4.69, 9.17) is 26.9 Å². The minimum absolute atomic E-state index is 0. The van der Waals surface area contributed by atoms with Gasteiger partial charge in [-0.2, -0.15) is 36.5 Å². The third-order valence-electron chi connectivity index (χ3n) is 6.81. The minimum atomic E-state index is -4.54. The summed E-state index contributed by atoms with van der Waals surface area (Å²) in [6.07, 6.45) is 7.43. The van der Waals surface area contributed by atoms with Crippen LogP contribution in [-0.4, -0.2) is 63.0 Å². The van der Waals surface area contributed by atoms with E-state index in [1.165, 1.54) is 59.1 Å². The molecule has 0 aromatic carbocycles. The second-order valence-electron chi connectivity index (χ2n) is 10.4. The van der Waals surface area contributed by atoms with E-state index >= 15 is 0 Å². The van der Waals surface area contributed by atoms with Gasteiger partial charge in [0.1, 0.15) is 6.04 Å². The molecule has 0 amide bonds. The van der Waals surface area contributed by atoms with E-state index in [0.717, 1.165) is 10.5 Å². The van der Waals surface area contributed by atoms with Crippen molar-refractivity contribution in [2.45, 2.75) is 45.1 Å². The zero-order valence-electron chi connectivity index (χ0n) is 28.6. The van der Waals surface area contributed by atoms with Crippen molar-refractivity contribution >= 4 is 47.4 Å². The number of thiocyanates is 1. The predicted molar refractivity (Wildman–Crippen MR) is 197 cm³/mol. The van der Waals surface area contributed by atoms with E-state index in [0.29, 0.717) is 12.6 Å². The van der Waals surface area contributed by atoms with E-state index in [-0.39, 0.29) is 59.0 Å². The molecule has 54 heavy (non-hydrogen) atoms. The summed E-state index contributed by atoms with van der Waals surface area (Å²) in [5, 5.41) is 48.8. The molecule has 3 aliphatic rings. The zero-order valence-corrected chi connectivity index (χ0v) is 32.0. The van der Waals surface area contributed by atoms with Crippen molar-refractivity contribution in [2.75, 3.05) is 6.54 Å². The Hall–Kier alpha value is -5.28. The van der Waals surface area contributed by atoms with Crippen molar-refractivity contribution in [3.8, 4) is 5.40 Å². The number of pyridine rings is 1. The maximum Gasteiger partial charge on any atom is 5.00 e. The number of hydrogen-bond acceptors (Lipinski definition) is 8. The first-order valence-electron chi connectivity index (χ1n) is 15.3. The molecule has 3 atom stereocenters. The number of alkyl halides is 3. The molecule has 6 N–H and O–H groups in total. The number of aromatic nitrogens is 1. The predicted octanol–water partition coefficient (Wildman–Crippen LogP) is 7.96. The zero-order chi connectivity index (χ0) is 39.9. The van der Waals surface area contributed by atoms with Gasteiger partial charge in [0.05, 0.1) is 16.7 Å². The molecule has 0 fully saturated rings. The Morgan fingerprint density at radius 1 is 1.09 bits per heavy atom. The number of nitrogens with zero attached hydrogens (tertiary/aromatic N) is 5. The van der Waals surface area contributed by atoms with E-state index in [9.17, 15) is 32.7 Å². The van der Waals surface area contributed by atoms with Crippen molar-refractivity contribution in [3.63, 3.8) is 0 Å². The van der Waals surface area contributed by atoms with Crippen LogP contribution in [0.3, 0.4) is 0 Å². The minimum Gasteiger partial charge on any atom is -0.700 e. The van der Waals surface area contributed by atoms with E-state index < -0.39 is 42.2 Å². The van der Waals surface area contributed by atoms with Crippen LogP contribution in [0.5, 0.6) is 0 Å². The van der Waals surface area contributed by atoms with Crippen molar-refractivity contribution in [2.24, 2.45) is 5.73 Å². The average Bonchev–Trinajstić information content (AvgIpc) is 3.58. The SMILES string of the molecule is CC.Cc1ccc(C2=CC=C(/C([NH-])=C/C(N)C(F)(F)F)[N-]C2)s1.N#C[S-].O=C(O)C1=CC(C2=CC(C(=O)O)=CC(c3cc(C(=O)O)ccn3)[N-]2)[N-]C=C1.[Ru+5]. The van der Waals surface area contributed by atoms with Crippen LogP contribution in [0.25, 0.3) is 27.3 Å². The second kappa shape index (κ2) is 22.1. The van der Waals surface area contributed by atoms with Crippen molar-refractivity contribution in [1.29, 1.82) is 5.26 Å². The second-order valence-corrected chi connectivity index (χ2v) is 11.9. The van der Waals surface area contributed by atoms with Crippen LogP contribution >= 0.6 is 11.3 Å². The van der Waals surface area contributed by atoms with Gasteiger partial charge < -0.3 is 55.4 Å². The molecule has 0 aliphatic carbocycles. The van der Waals surface area contributed by atoms with Gasteiger partial charge in [0.2, 0.25) is 0 Å². The molecule has 2 aromatic rings. The third kappa shape index (κ3) is 13.9. The number of thiophene rings is 1. The maximum atomic E-state index is 12.3. The van der Waals surface area contributed by atoms with Crippen LogP contribution in [0.4, 0.5) is 13.2 Å². The van der Waals surface area contributed by atoms with Gasteiger partial charge in [-0.1, -0.05) is 73.9 Å². The van der Waals surface area contributed by atoms with Crippen molar-refractivity contribution < 1.29 is 62.4 Å². The molecule has 0 saturated carbocycles. The fourth-order valence-electron chi connectivity index (χ4n) is 4.35. The monoisotopic (exact) mass is 870 g/mol. The Bertz CT molecular complexity index is 1930. The number of hydrogen-bond donors (Lipinski definition) is 4. The largest absolute Gasteiger partial charge is 5.00 e. The van der Waals surface area contributed by atoms with Crippen LogP contribution in [-0.2, 0) is 41.7 Å². The normalized spacial score (nSPS) is 17.7. The first kappa shape index (κ1) is 46.7. The van der Waals surface area contributed by atoms with Gasteiger partial charge in [-0.25, -0.2) is 19.6 Å². The summed E-state index contributed by atoms with van der Waals surface area (Å²) in [6, 6.07) is 2.86. The Morgan fingerprint density at radius 2 is 1.72 bits per heavy atom. The first-order chi connectivity index (χ1) is 25.0. The summed E-state index contributed by atoms with van der Waals surface area (Å²) < 4.78 is 37.0. The van der Waals surface area contributed by atoms with Gasteiger partial charge in [0, 0.05) is 21.6 Å². The van der Waals surface area contributed by atoms with Crippen LogP contribution in [0.1, 0.15) is 45.7 Å². The Labute approximate surface area is 331 Å². The molecule has 5 heterocycles. The van der Waals surface area contributed by atoms with Crippen LogP contribution in [0.15, 0.2) is 107 Å². The number of carboxylic acids is 3. The summed E-state index contributed by atoms with van der Waals surface area (Å²) in [5.74, 6) is -3.48. The number of aliphatic carboxylic acids is 2. The molecule has 3 unspecified atom stereocenters. The van der Waals surface area contributed by atoms with Crippen LogP contribution < -0.4 is 5.73 Å². The number of allylic oxidation sites excluding steroid dienone is 2. The molecule has 3 aliphatic heterocycles. The summed E-state index contributed by atoms with van der Waals surface area (Å²) in [4.78, 5) is 40.1. The fraction of sp³-hybridized carbons (Fsp3) is 0.229. The number of carboxylic acid groups (broad SMARTS) is 3. The number of rotatable bonds is 8. The van der Waals surface area contributed by atoms with Crippen LogP contribution in [0.2, 0.25) is 0 Å². The first-order valence-corrected chi connectivity index (χ1v) is 16.6. The van der Waals surface area contributed by atoms with Gasteiger partial charge >= 0.3 is 43.6 Å². The molecule has 0 spiro atoms. The Balaban J connectivity index is 0.000000486. The quantitative estimate of drug-likeness (QED) is 0.113. The number of carbonyl (C=O) groups is 3. The molecule has 1 radical (unpaired) electrons. The number of halogens is 3. The number of aromatic carboxylic acids is 1. The van der Waals surface area contributed by atoms with Crippen molar-refractivity contribution in [1.82, 2.24) is 4.98 Å². The summed E-state index contributed by atoms with van der Waals surface area (Å²) in [5.41, 5.74) is 14.0. The summed E-state index contributed by atoms with van der Waals surface area (Å²) in [7, 11) is 0. The Morgan fingerprint density at radius 3 is 2.24 bits per heavy atom. The van der Waals surface area contributed by atoms with Gasteiger partial charge in [0.15, 0.2) is 0 Å². The van der Waals surface area contributed by atoms with Gasteiger partial charge in [0.25, 0.3) is 0 Å². The standard InChI is InChI=1S/C18H13N3O6.C14H14F3N3S.C2H6.CHNS.Ru/c22-16(23)9-1-3-19-12(5-9)14-7-11(18(26)27)8-15(21-14)13-6-10(17(24)25)2-4-20-13;1-8-2-5-12(21-8)9-3-4-11(20-7-9)10(18)6-13(19)14(15,16)17;1-2;2-1-3;/h1-8,12,15H,(H,22,23)(H,24,25)(H,26,27);2-6,13,18H,7,19H2,1H3;1-2H3;3H;/q2*-2;;;+5/p-1/b;10-6-;;;. The number of nitrogens with one attached hydrogen (secondary N) is 1. The van der Waals surface area contributed by atoms with Gasteiger partial charge in [-0.15, -0.1) is 17.9 Å². The molecule has 0 bridgehead atoms. The van der Waals surface area contributed by atoms with Crippen molar-refractivity contribution in [3.05, 3.63) is 150 Å². The molecule has 285 valence electrons. The average molecular weight is 870 g/mol. The van der Waals surface area contributed by atoms with E-state index in [1.54, 1.807) is 23.5 Å². The fourth-order valence-corrected chi connectivity index (χ4v) is 5.23. The van der Waals surface area contributed by atoms with Gasteiger partial charge in [-0.3, -0.25) is 4.98 Å². The molecule has 0 saturated heterocycles. The maximum absolute atomic E-state index is 12.3. The summed E-state index contributed by atoms with van der Waals surface area (Å²) in [6.45, 7) is 6.35. The molecule has 13 nitrogen and oxygen atoms in total. The smallest absolute Gasteiger partial charge is 0.700 e. The van der Waals surface area contributed by atoms with Crippen LogP contribution in [0, 0.1) is 17.6 Å². The third-order valence-corrected chi connectivity index (χ3v) is 7.89. The van der Waals surface area contributed by atoms with E-state index in [1.807, 2.05) is 32.9 Å². The number of nitrogens with two attached hydrogens (primary N) is 1. The molecular weight excluding hydrogens is 837 g/mol. The van der Waals surface area contributed by atoms with Gasteiger partial charge in [-0.05, 0) is 36.8 Å². The van der Waals surface area contributed by atoms with E-state index in [2.05, 4.69) is 33.6 Å². The summed E-state index contributed by atoms with van der Waals surface area (Å²) >= 11 is 5.33.